The fourth-order valence-electron chi connectivity index (χ4n) is 6.55. The molecule has 4 rings (SSSR count). The number of fused-ring (bicyclic) bond motifs is 5. The molecule has 0 spiro atoms. The number of ether oxygens (including phenoxy) is 1. The first-order valence-corrected chi connectivity index (χ1v) is 10.0. The highest BCUT2D eigenvalue weighted by Crippen LogP contribution is 2.61. The van der Waals surface area contributed by atoms with Crippen LogP contribution in [0, 0.1) is 29.1 Å². The van der Waals surface area contributed by atoms with Crippen LogP contribution in [0.3, 0.4) is 0 Å². The van der Waals surface area contributed by atoms with Gasteiger partial charge in [0.1, 0.15) is 0 Å². The molecule has 0 aliphatic heterocycles. The monoisotopic (exact) mass is 330 g/mol. The van der Waals surface area contributed by atoms with Crippen molar-refractivity contribution in [1.82, 2.24) is 0 Å². The highest BCUT2D eigenvalue weighted by atomic mass is 16.5. The molecule has 5 atom stereocenters. The second-order valence-corrected chi connectivity index (χ2v) is 8.61. The molecular weight excluding hydrogens is 300 g/mol. The Morgan fingerprint density at radius 1 is 1.17 bits per heavy atom. The minimum atomic E-state index is -0.0446. The van der Waals surface area contributed by atoms with E-state index in [1.165, 1.54) is 44.1 Å². The first kappa shape index (κ1) is 16.4. The number of esters is 1. The molecule has 0 saturated heterocycles. The van der Waals surface area contributed by atoms with Crippen LogP contribution in [0.25, 0.3) is 0 Å². The lowest BCUT2D eigenvalue weighted by atomic mass is 9.52. The van der Waals surface area contributed by atoms with Crippen molar-refractivity contribution in [2.24, 2.45) is 29.1 Å². The van der Waals surface area contributed by atoms with Gasteiger partial charge in [-0.2, -0.15) is 0 Å². The number of allylic oxidation sites excluding steroid dienone is 1. The highest BCUT2D eigenvalue weighted by Gasteiger charge is 2.54. The van der Waals surface area contributed by atoms with E-state index in [9.17, 15) is 9.59 Å². The lowest BCUT2D eigenvalue weighted by molar-refractivity contribution is -0.151. The van der Waals surface area contributed by atoms with Crippen molar-refractivity contribution in [3.8, 4) is 0 Å². The van der Waals surface area contributed by atoms with Gasteiger partial charge in [0.2, 0.25) is 0 Å². The fourth-order valence-corrected chi connectivity index (χ4v) is 6.55. The molecule has 0 N–H and O–H groups in total. The van der Waals surface area contributed by atoms with Crippen LogP contribution < -0.4 is 0 Å². The Hall–Kier alpha value is -1.12. The number of hydrogen-bond donors (Lipinski definition) is 0. The summed E-state index contributed by atoms with van der Waals surface area (Å²) in [6.45, 7) is 2.53. The predicted octanol–water partition coefficient (Wildman–Crippen LogP) is 4.45. The van der Waals surface area contributed by atoms with Gasteiger partial charge in [-0.05, 0) is 74.7 Å². The maximum absolute atomic E-state index is 11.8. The Balaban J connectivity index is 1.53. The number of carbonyl (C=O) groups is 2. The lowest BCUT2D eigenvalue weighted by Crippen LogP contribution is -2.47. The van der Waals surface area contributed by atoms with Gasteiger partial charge in [0.05, 0.1) is 6.61 Å². The molecule has 4 aliphatic rings. The van der Waals surface area contributed by atoms with Crippen molar-refractivity contribution in [2.45, 2.75) is 71.1 Å². The molecule has 0 heterocycles. The average molecular weight is 330 g/mol. The lowest BCUT2D eigenvalue weighted by Gasteiger charge is -2.53. The molecule has 3 nitrogen and oxygen atoms in total. The van der Waals surface area contributed by atoms with Crippen molar-refractivity contribution < 1.29 is 14.3 Å². The molecule has 3 fully saturated rings. The van der Waals surface area contributed by atoms with Gasteiger partial charge in [0.15, 0.2) is 5.78 Å². The zero-order chi connectivity index (χ0) is 16.7. The zero-order valence-corrected chi connectivity index (χ0v) is 14.9. The first-order chi connectivity index (χ1) is 11.6. The average Bonchev–Trinajstić information content (AvgIpc) is 3.03. The Kier molecular flexibility index (Phi) is 4.30. The number of ketones is 1. The van der Waals surface area contributed by atoms with Gasteiger partial charge in [-0.15, -0.1) is 0 Å². The van der Waals surface area contributed by atoms with Crippen LogP contribution in [-0.2, 0) is 14.3 Å². The summed E-state index contributed by atoms with van der Waals surface area (Å²) in [6, 6.07) is 0. The van der Waals surface area contributed by atoms with E-state index in [-0.39, 0.29) is 11.4 Å². The number of rotatable bonds is 3. The van der Waals surface area contributed by atoms with Crippen molar-refractivity contribution in [3.05, 3.63) is 11.6 Å². The Bertz CT molecular complexity index is 563. The van der Waals surface area contributed by atoms with Crippen LogP contribution in [-0.4, -0.2) is 18.4 Å². The summed E-state index contributed by atoms with van der Waals surface area (Å²) in [5.74, 6) is 3.26. The number of hydrogen-bond acceptors (Lipinski definition) is 3. The predicted molar refractivity (Wildman–Crippen MR) is 92.3 cm³/mol. The van der Waals surface area contributed by atoms with Gasteiger partial charge < -0.3 is 4.74 Å². The summed E-state index contributed by atoms with van der Waals surface area (Å²) < 4.78 is 5.64. The molecule has 132 valence electrons. The molecule has 0 aromatic heterocycles. The SMILES string of the molecule is CCC(=O)OC[C@@]12CCC[C@H]1[C@@H]1CCC3=CC(=O)CC[C@@H]3[C@H]1CC2. The molecule has 0 bridgehead atoms. The van der Waals surface area contributed by atoms with Crippen LogP contribution in [0.2, 0.25) is 0 Å². The Morgan fingerprint density at radius 2 is 2.04 bits per heavy atom. The van der Waals surface area contributed by atoms with Crippen LogP contribution in [0.5, 0.6) is 0 Å². The largest absolute Gasteiger partial charge is 0.465 e. The maximum atomic E-state index is 11.8. The molecular formula is C21H30O3. The third-order valence-corrected chi connectivity index (χ3v) is 7.64. The molecule has 0 amide bonds. The van der Waals surface area contributed by atoms with E-state index in [1.54, 1.807) is 0 Å². The standard InChI is InChI=1S/C21H30O3/c1-2-20(23)24-13-21-10-3-4-19(21)18-7-5-14-12-15(22)6-8-16(14)17(18)9-11-21/h12,16-19H,2-11,13H2,1H3/t16-,17+,18+,19-,21-/m0/s1. The van der Waals surface area contributed by atoms with Crippen molar-refractivity contribution in [1.29, 1.82) is 0 Å². The third-order valence-electron chi connectivity index (χ3n) is 7.64. The normalized spacial score (nSPS) is 41.0. The second kappa shape index (κ2) is 6.31. The molecule has 3 heteroatoms. The van der Waals surface area contributed by atoms with E-state index in [4.69, 9.17) is 4.74 Å². The van der Waals surface area contributed by atoms with Crippen LogP contribution in [0.15, 0.2) is 11.6 Å². The minimum Gasteiger partial charge on any atom is -0.465 e. The van der Waals surface area contributed by atoms with Gasteiger partial charge in [-0.3, -0.25) is 9.59 Å². The highest BCUT2D eigenvalue weighted by molar-refractivity contribution is 5.91. The molecule has 0 unspecified atom stereocenters. The first-order valence-electron chi connectivity index (χ1n) is 10.0. The van der Waals surface area contributed by atoms with Crippen molar-refractivity contribution >= 4 is 11.8 Å². The summed E-state index contributed by atoms with van der Waals surface area (Å²) in [4.78, 5) is 23.4. The third kappa shape index (κ3) is 2.64. The minimum absolute atomic E-state index is 0.0446. The van der Waals surface area contributed by atoms with Gasteiger partial charge in [0, 0.05) is 18.3 Å². The molecule has 3 saturated carbocycles. The maximum Gasteiger partial charge on any atom is 0.305 e. The Morgan fingerprint density at radius 3 is 2.88 bits per heavy atom. The van der Waals surface area contributed by atoms with Gasteiger partial charge in [0.25, 0.3) is 0 Å². The van der Waals surface area contributed by atoms with Crippen LogP contribution in [0.1, 0.15) is 71.1 Å². The van der Waals surface area contributed by atoms with E-state index in [2.05, 4.69) is 0 Å². The fraction of sp³-hybridized carbons (Fsp3) is 0.810. The van der Waals surface area contributed by atoms with E-state index in [0.717, 1.165) is 37.0 Å². The van der Waals surface area contributed by atoms with Crippen molar-refractivity contribution in [3.63, 3.8) is 0 Å². The molecule has 0 aromatic rings. The smallest absolute Gasteiger partial charge is 0.305 e. The zero-order valence-electron chi connectivity index (χ0n) is 14.9. The summed E-state index contributed by atoms with van der Waals surface area (Å²) in [5, 5.41) is 0. The quantitative estimate of drug-likeness (QED) is 0.718. The topological polar surface area (TPSA) is 43.4 Å². The molecule has 0 radical (unpaired) electrons. The molecule has 24 heavy (non-hydrogen) atoms. The van der Waals surface area contributed by atoms with Gasteiger partial charge in [-0.25, -0.2) is 0 Å². The summed E-state index contributed by atoms with van der Waals surface area (Å²) in [5.41, 5.74) is 1.72. The van der Waals surface area contributed by atoms with E-state index >= 15 is 0 Å². The Labute approximate surface area is 145 Å². The second-order valence-electron chi connectivity index (χ2n) is 8.61. The van der Waals surface area contributed by atoms with Gasteiger partial charge in [-0.1, -0.05) is 18.9 Å². The summed E-state index contributed by atoms with van der Waals surface area (Å²) in [7, 11) is 0. The van der Waals surface area contributed by atoms with Crippen LogP contribution in [0.4, 0.5) is 0 Å². The summed E-state index contributed by atoms with van der Waals surface area (Å²) in [6.07, 6.45) is 13.0. The summed E-state index contributed by atoms with van der Waals surface area (Å²) >= 11 is 0. The molecule has 4 aliphatic carbocycles. The van der Waals surface area contributed by atoms with Gasteiger partial charge >= 0.3 is 5.97 Å². The van der Waals surface area contributed by atoms with E-state index in [1.807, 2.05) is 13.0 Å². The van der Waals surface area contributed by atoms with E-state index in [0.29, 0.717) is 24.7 Å². The van der Waals surface area contributed by atoms with E-state index < -0.39 is 0 Å². The number of carbonyl (C=O) groups excluding carboxylic acids is 2. The van der Waals surface area contributed by atoms with Crippen molar-refractivity contribution in [2.75, 3.05) is 6.61 Å². The molecule has 0 aromatic carbocycles. The van der Waals surface area contributed by atoms with Crippen LogP contribution >= 0.6 is 0 Å².